The van der Waals surface area contributed by atoms with E-state index in [1.54, 1.807) is 14.2 Å². The Morgan fingerprint density at radius 2 is 1.81 bits per heavy atom. The topological polar surface area (TPSA) is 39.7 Å². The van der Waals surface area contributed by atoms with Gasteiger partial charge in [0.25, 0.3) is 0 Å². The van der Waals surface area contributed by atoms with Gasteiger partial charge in [-0.15, -0.1) is 0 Å². The second kappa shape index (κ2) is 9.03. The summed E-state index contributed by atoms with van der Waals surface area (Å²) < 4.78 is 15.6. The van der Waals surface area contributed by atoms with Gasteiger partial charge in [0.1, 0.15) is 5.75 Å². The van der Waals surface area contributed by atoms with E-state index in [0.29, 0.717) is 25.2 Å². The SMILES string of the molecule is COCCOCCCNC1CC(c2ccc(OC)cc2)C1. The molecule has 0 unspecified atom stereocenters. The summed E-state index contributed by atoms with van der Waals surface area (Å²) in [4.78, 5) is 0. The summed E-state index contributed by atoms with van der Waals surface area (Å²) in [6, 6.07) is 9.13. The quantitative estimate of drug-likeness (QED) is 0.673. The van der Waals surface area contributed by atoms with Crippen LogP contribution in [0.25, 0.3) is 0 Å². The molecule has 0 atom stereocenters. The molecule has 0 amide bonds. The van der Waals surface area contributed by atoms with Gasteiger partial charge in [0, 0.05) is 19.8 Å². The van der Waals surface area contributed by atoms with Crippen LogP contribution in [0, 0.1) is 0 Å². The van der Waals surface area contributed by atoms with E-state index < -0.39 is 0 Å². The molecule has 4 heteroatoms. The molecule has 1 aromatic carbocycles. The molecule has 0 heterocycles. The predicted octanol–water partition coefficient (Wildman–Crippen LogP) is 2.58. The van der Waals surface area contributed by atoms with Crippen LogP contribution in [-0.2, 0) is 9.47 Å². The Morgan fingerprint density at radius 3 is 2.48 bits per heavy atom. The highest BCUT2D eigenvalue weighted by molar-refractivity contribution is 5.30. The molecule has 0 aliphatic heterocycles. The Balaban J connectivity index is 1.52. The molecule has 0 aromatic heterocycles. The second-order valence-electron chi connectivity index (χ2n) is 5.55. The number of nitrogens with one attached hydrogen (secondary N) is 1. The van der Waals surface area contributed by atoms with E-state index in [1.165, 1.54) is 18.4 Å². The summed E-state index contributed by atoms with van der Waals surface area (Å²) in [6.45, 7) is 3.22. The van der Waals surface area contributed by atoms with E-state index in [4.69, 9.17) is 14.2 Å². The maximum atomic E-state index is 5.44. The van der Waals surface area contributed by atoms with E-state index in [9.17, 15) is 0 Å². The minimum Gasteiger partial charge on any atom is -0.497 e. The van der Waals surface area contributed by atoms with Crippen LogP contribution in [0.4, 0.5) is 0 Å². The molecule has 1 aliphatic rings. The highest BCUT2D eigenvalue weighted by Gasteiger charge is 2.29. The minimum absolute atomic E-state index is 0.663. The summed E-state index contributed by atoms with van der Waals surface area (Å²) >= 11 is 0. The fourth-order valence-corrected chi connectivity index (χ4v) is 2.66. The van der Waals surface area contributed by atoms with Crippen molar-refractivity contribution < 1.29 is 14.2 Å². The zero-order valence-corrected chi connectivity index (χ0v) is 13.1. The average Bonchev–Trinajstić information content (AvgIpc) is 2.48. The number of hydrogen-bond donors (Lipinski definition) is 1. The maximum absolute atomic E-state index is 5.44. The smallest absolute Gasteiger partial charge is 0.118 e. The number of hydrogen-bond acceptors (Lipinski definition) is 4. The molecule has 1 saturated carbocycles. The Labute approximate surface area is 127 Å². The van der Waals surface area contributed by atoms with Gasteiger partial charge in [0.2, 0.25) is 0 Å². The number of ether oxygens (including phenoxy) is 3. The van der Waals surface area contributed by atoms with Crippen molar-refractivity contribution in [3.05, 3.63) is 29.8 Å². The van der Waals surface area contributed by atoms with Crippen molar-refractivity contribution in [3.8, 4) is 5.75 Å². The number of benzene rings is 1. The zero-order valence-electron chi connectivity index (χ0n) is 13.1. The van der Waals surface area contributed by atoms with Crippen molar-refractivity contribution in [2.45, 2.75) is 31.2 Å². The lowest BCUT2D eigenvalue weighted by atomic mass is 9.76. The molecule has 0 saturated heterocycles. The van der Waals surface area contributed by atoms with Crippen molar-refractivity contribution in [3.63, 3.8) is 0 Å². The lowest BCUT2D eigenvalue weighted by Crippen LogP contribution is -2.40. The zero-order chi connectivity index (χ0) is 14.9. The van der Waals surface area contributed by atoms with Crippen molar-refractivity contribution >= 4 is 0 Å². The number of rotatable bonds is 10. The standard InChI is InChI=1S/C17H27NO3/c1-19-10-11-21-9-3-8-18-16-12-15(13-16)14-4-6-17(20-2)7-5-14/h4-7,15-16,18H,3,8-13H2,1-2H3. The normalized spacial score (nSPS) is 21.0. The highest BCUT2D eigenvalue weighted by atomic mass is 16.5. The molecule has 2 rings (SSSR count). The first-order chi connectivity index (χ1) is 10.3. The average molecular weight is 293 g/mol. The van der Waals surface area contributed by atoms with Gasteiger partial charge >= 0.3 is 0 Å². The third kappa shape index (κ3) is 5.30. The molecule has 0 radical (unpaired) electrons. The van der Waals surface area contributed by atoms with Gasteiger partial charge in [-0.05, 0) is 49.4 Å². The van der Waals surface area contributed by atoms with Crippen molar-refractivity contribution in [2.24, 2.45) is 0 Å². The van der Waals surface area contributed by atoms with Crippen LogP contribution in [0.1, 0.15) is 30.7 Å². The predicted molar refractivity (Wildman–Crippen MR) is 84.1 cm³/mol. The Morgan fingerprint density at radius 1 is 1.05 bits per heavy atom. The van der Waals surface area contributed by atoms with Gasteiger partial charge in [-0.2, -0.15) is 0 Å². The fourth-order valence-electron chi connectivity index (χ4n) is 2.66. The largest absolute Gasteiger partial charge is 0.497 e. The maximum Gasteiger partial charge on any atom is 0.118 e. The first kappa shape index (κ1) is 16.3. The lowest BCUT2D eigenvalue weighted by Gasteiger charge is -2.36. The summed E-state index contributed by atoms with van der Waals surface area (Å²) in [7, 11) is 3.40. The first-order valence-corrected chi connectivity index (χ1v) is 7.77. The van der Waals surface area contributed by atoms with E-state index >= 15 is 0 Å². The molecule has 1 N–H and O–H groups in total. The fraction of sp³-hybridized carbons (Fsp3) is 0.647. The molecular weight excluding hydrogens is 266 g/mol. The van der Waals surface area contributed by atoms with Crippen molar-refractivity contribution in [1.82, 2.24) is 5.32 Å². The molecule has 1 aromatic rings. The van der Waals surface area contributed by atoms with E-state index in [-0.39, 0.29) is 0 Å². The third-order valence-corrected chi connectivity index (χ3v) is 4.06. The Bertz CT molecular complexity index is 388. The molecule has 0 spiro atoms. The molecular formula is C17H27NO3. The Kier molecular flexibility index (Phi) is 7.00. The van der Waals surface area contributed by atoms with E-state index in [1.807, 2.05) is 12.1 Å². The van der Waals surface area contributed by atoms with E-state index in [0.717, 1.165) is 25.3 Å². The lowest BCUT2D eigenvalue weighted by molar-refractivity contribution is 0.0688. The van der Waals surface area contributed by atoms with Gasteiger partial charge in [-0.3, -0.25) is 0 Å². The van der Waals surface area contributed by atoms with Crippen LogP contribution in [-0.4, -0.2) is 46.6 Å². The van der Waals surface area contributed by atoms with E-state index in [2.05, 4.69) is 17.4 Å². The number of methoxy groups -OCH3 is 2. The van der Waals surface area contributed by atoms with Crippen LogP contribution in [0.3, 0.4) is 0 Å². The summed E-state index contributed by atoms with van der Waals surface area (Å²) in [6.07, 6.45) is 3.53. The Hall–Kier alpha value is -1.10. The molecule has 1 fully saturated rings. The van der Waals surface area contributed by atoms with Gasteiger partial charge in [0.15, 0.2) is 0 Å². The van der Waals surface area contributed by atoms with Crippen molar-refractivity contribution in [1.29, 1.82) is 0 Å². The summed E-state index contributed by atoms with van der Waals surface area (Å²) in [5, 5.41) is 3.60. The first-order valence-electron chi connectivity index (χ1n) is 7.77. The van der Waals surface area contributed by atoms with Crippen LogP contribution in [0.15, 0.2) is 24.3 Å². The van der Waals surface area contributed by atoms with Crippen LogP contribution in [0.5, 0.6) is 5.75 Å². The molecule has 21 heavy (non-hydrogen) atoms. The van der Waals surface area contributed by atoms with Gasteiger partial charge in [-0.25, -0.2) is 0 Å². The van der Waals surface area contributed by atoms with Gasteiger partial charge in [-0.1, -0.05) is 12.1 Å². The van der Waals surface area contributed by atoms with Gasteiger partial charge < -0.3 is 19.5 Å². The minimum atomic E-state index is 0.663. The molecule has 0 bridgehead atoms. The van der Waals surface area contributed by atoms with Crippen LogP contribution in [0.2, 0.25) is 0 Å². The highest BCUT2D eigenvalue weighted by Crippen LogP contribution is 2.37. The summed E-state index contributed by atoms with van der Waals surface area (Å²) in [5.74, 6) is 1.63. The monoisotopic (exact) mass is 293 g/mol. The molecule has 118 valence electrons. The molecule has 1 aliphatic carbocycles. The van der Waals surface area contributed by atoms with Crippen LogP contribution >= 0.6 is 0 Å². The summed E-state index contributed by atoms with van der Waals surface area (Å²) in [5.41, 5.74) is 1.43. The molecule has 4 nitrogen and oxygen atoms in total. The second-order valence-corrected chi connectivity index (χ2v) is 5.55. The van der Waals surface area contributed by atoms with Crippen LogP contribution < -0.4 is 10.1 Å². The van der Waals surface area contributed by atoms with Crippen molar-refractivity contribution in [2.75, 3.05) is 40.6 Å². The third-order valence-electron chi connectivity index (χ3n) is 4.06. The van der Waals surface area contributed by atoms with Gasteiger partial charge in [0.05, 0.1) is 20.3 Å².